The van der Waals surface area contributed by atoms with Gasteiger partial charge in [0.1, 0.15) is 0 Å². The maximum atomic E-state index is 6.32. The Hall–Kier alpha value is -0.900. The van der Waals surface area contributed by atoms with Gasteiger partial charge in [0.15, 0.2) is 0 Å². The van der Waals surface area contributed by atoms with E-state index in [1.807, 2.05) is 42.9 Å². The highest BCUT2D eigenvalue weighted by Crippen LogP contribution is 2.26. The number of hydrogen-bond acceptors (Lipinski definition) is 3. The van der Waals surface area contributed by atoms with Crippen molar-refractivity contribution in [2.45, 2.75) is 18.9 Å². The third-order valence-electron chi connectivity index (χ3n) is 2.51. The summed E-state index contributed by atoms with van der Waals surface area (Å²) in [7, 11) is 0. The molecule has 2 aromatic rings. The van der Waals surface area contributed by atoms with Gasteiger partial charge in [-0.25, -0.2) is 0 Å². The minimum atomic E-state index is -0.405. The topological polar surface area (TPSA) is 38.9 Å². The van der Waals surface area contributed by atoms with Crippen molar-refractivity contribution in [3.63, 3.8) is 0 Å². The van der Waals surface area contributed by atoms with Crippen LogP contribution in [0.4, 0.5) is 0 Å². The number of rotatable bonds is 3. The van der Waals surface area contributed by atoms with Gasteiger partial charge in [-0.3, -0.25) is 4.98 Å². The fourth-order valence-corrected chi connectivity index (χ4v) is 2.59. The Morgan fingerprint density at radius 1 is 1.50 bits per heavy atom. The molecule has 1 aromatic carbocycles. The molecule has 0 radical (unpaired) electrons. The summed E-state index contributed by atoms with van der Waals surface area (Å²) in [5.41, 5.74) is 8.79. The lowest BCUT2D eigenvalue weighted by molar-refractivity contribution is 0.495. The maximum absolute atomic E-state index is 6.32. The van der Waals surface area contributed by atoms with E-state index in [1.165, 1.54) is 4.88 Å². The highest BCUT2D eigenvalue weighted by atomic mass is 35.5. The van der Waals surface area contributed by atoms with Gasteiger partial charge in [-0.2, -0.15) is 0 Å². The molecule has 4 heteroatoms. The van der Waals surface area contributed by atoms with Gasteiger partial charge >= 0.3 is 0 Å². The molecule has 1 unspecified atom stereocenters. The van der Waals surface area contributed by atoms with E-state index in [0.29, 0.717) is 0 Å². The maximum Gasteiger partial charge on any atom is 0.0794 e. The molecular formula is C12H13ClN2S. The molecule has 1 heterocycles. The van der Waals surface area contributed by atoms with Gasteiger partial charge in [-0.1, -0.05) is 23.7 Å². The van der Waals surface area contributed by atoms with Crippen LogP contribution in [0, 0.1) is 0 Å². The van der Waals surface area contributed by atoms with E-state index in [0.717, 1.165) is 17.0 Å². The monoisotopic (exact) mass is 252 g/mol. The Kier molecular flexibility index (Phi) is 3.28. The minimum absolute atomic E-state index is 0.405. The van der Waals surface area contributed by atoms with E-state index in [4.69, 9.17) is 17.3 Å². The van der Waals surface area contributed by atoms with Gasteiger partial charge in [0, 0.05) is 28.1 Å². The van der Waals surface area contributed by atoms with E-state index in [-0.39, 0.29) is 0 Å². The lowest BCUT2D eigenvalue weighted by atomic mass is 9.89. The molecular weight excluding hydrogens is 240 g/mol. The highest BCUT2D eigenvalue weighted by Gasteiger charge is 2.22. The summed E-state index contributed by atoms with van der Waals surface area (Å²) < 4.78 is 0. The SMILES string of the molecule is CC(N)(Cc1cncs1)c1cccc(Cl)c1. The summed E-state index contributed by atoms with van der Waals surface area (Å²) in [4.78, 5) is 5.24. The number of benzene rings is 1. The average molecular weight is 253 g/mol. The predicted molar refractivity (Wildman–Crippen MR) is 68.8 cm³/mol. The Bertz CT molecular complexity index is 466. The van der Waals surface area contributed by atoms with Crippen molar-refractivity contribution in [1.29, 1.82) is 0 Å². The molecule has 0 spiro atoms. The standard InChI is InChI=1S/C12H13ClN2S/c1-12(14,6-11-7-15-8-16-11)9-3-2-4-10(13)5-9/h2-5,7-8H,6,14H2,1H3. The second kappa shape index (κ2) is 4.53. The largest absolute Gasteiger partial charge is 0.321 e. The zero-order chi connectivity index (χ0) is 11.6. The van der Waals surface area contributed by atoms with Gasteiger partial charge in [0.25, 0.3) is 0 Å². The Morgan fingerprint density at radius 3 is 2.94 bits per heavy atom. The third kappa shape index (κ3) is 2.61. The smallest absolute Gasteiger partial charge is 0.0794 e. The summed E-state index contributed by atoms with van der Waals surface area (Å²) in [6.45, 7) is 2.01. The zero-order valence-electron chi connectivity index (χ0n) is 8.98. The molecule has 0 saturated heterocycles. The van der Waals surface area contributed by atoms with Crippen LogP contribution in [-0.2, 0) is 12.0 Å². The van der Waals surface area contributed by atoms with Gasteiger partial charge < -0.3 is 5.73 Å². The van der Waals surface area contributed by atoms with Crippen LogP contribution in [0.15, 0.2) is 36.0 Å². The number of thiazole rings is 1. The number of hydrogen-bond donors (Lipinski definition) is 1. The van der Waals surface area contributed by atoms with Crippen molar-refractivity contribution in [3.05, 3.63) is 51.4 Å². The Morgan fingerprint density at radius 2 is 2.31 bits per heavy atom. The summed E-state index contributed by atoms with van der Waals surface area (Å²) in [6, 6.07) is 7.71. The molecule has 0 aliphatic heterocycles. The highest BCUT2D eigenvalue weighted by molar-refractivity contribution is 7.09. The number of nitrogens with two attached hydrogens (primary N) is 1. The van der Waals surface area contributed by atoms with Crippen LogP contribution in [0.5, 0.6) is 0 Å². The first kappa shape index (κ1) is 11.6. The van der Waals surface area contributed by atoms with E-state index >= 15 is 0 Å². The van der Waals surface area contributed by atoms with Crippen molar-refractivity contribution >= 4 is 22.9 Å². The van der Waals surface area contributed by atoms with E-state index in [9.17, 15) is 0 Å². The summed E-state index contributed by atoms with van der Waals surface area (Å²) in [5.74, 6) is 0. The number of aromatic nitrogens is 1. The lowest BCUT2D eigenvalue weighted by Crippen LogP contribution is -2.35. The van der Waals surface area contributed by atoms with Crippen LogP contribution < -0.4 is 5.73 Å². The summed E-state index contributed by atoms with van der Waals surface area (Å²) >= 11 is 7.59. The molecule has 2 N–H and O–H groups in total. The summed E-state index contributed by atoms with van der Waals surface area (Å²) in [6.07, 6.45) is 2.64. The first-order valence-corrected chi connectivity index (χ1v) is 6.26. The number of halogens is 1. The first-order valence-electron chi connectivity index (χ1n) is 5.00. The van der Waals surface area contributed by atoms with Crippen LogP contribution in [0.1, 0.15) is 17.4 Å². The molecule has 0 aliphatic rings. The predicted octanol–water partition coefficient (Wildman–Crippen LogP) is 3.21. The molecule has 2 rings (SSSR count). The van der Waals surface area contributed by atoms with Gasteiger partial charge in [0.05, 0.1) is 5.51 Å². The van der Waals surface area contributed by atoms with Crippen molar-refractivity contribution in [1.82, 2.24) is 4.98 Å². The Labute approximate surface area is 104 Å². The molecule has 0 fully saturated rings. The first-order chi connectivity index (χ1) is 7.58. The minimum Gasteiger partial charge on any atom is -0.321 e. The van der Waals surface area contributed by atoms with Crippen LogP contribution in [-0.4, -0.2) is 4.98 Å². The average Bonchev–Trinajstić information content (AvgIpc) is 2.70. The lowest BCUT2D eigenvalue weighted by Gasteiger charge is -2.24. The molecule has 16 heavy (non-hydrogen) atoms. The normalized spacial score (nSPS) is 14.7. The molecule has 0 saturated carbocycles. The van der Waals surface area contributed by atoms with Gasteiger partial charge in [0.2, 0.25) is 0 Å². The van der Waals surface area contributed by atoms with Crippen molar-refractivity contribution < 1.29 is 0 Å². The third-order valence-corrected chi connectivity index (χ3v) is 3.52. The Balaban J connectivity index is 2.24. The molecule has 1 aromatic heterocycles. The summed E-state index contributed by atoms with van der Waals surface area (Å²) in [5, 5.41) is 0.721. The molecule has 0 bridgehead atoms. The van der Waals surface area contributed by atoms with E-state index < -0.39 is 5.54 Å². The van der Waals surface area contributed by atoms with Crippen molar-refractivity contribution in [2.24, 2.45) is 5.73 Å². The van der Waals surface area contributed by atoms with Crippen LogP contribution in [0.2, 0.25) is 5.02 Å². The molecule has 0 aliphatic carbocycles. The second-order valence-electron chi connectivity index (χ2n) is 4.07. The molecule has 0 amide bonds. The van der Waals surface area contributed by atoms with Crippen LogP contribution >= 0.6 is 22.9 Å². The number of nitrogens with zero attached hydrogens (tertiary/aromatic N) is 1. The fraction of sp³-hybridized carbons (Fsp3) is 0.250. The van der Waals surface area contributed by atoms with Gasteiger partial charge in [-0.05, 0) is 24.6 Å². The fourth-order valence-electron chi connectivity index (χ4n) is 1.64. The molecule has 84 valence electrons. The molecule has 2 nitrogen and oxygen atoms in total. The van der Waals surface area contributed by atoms with Crippen molar-refractivity contribution in [3.8, 4) is 0 Å². The quantitative estimate of drug-likeness (QED) is 0.911. The van der Waals surface area contributed by atoms with E-state index in [1.54, 1.807) is 11.3 Å². The zero-order valence-corrected chi connectivity index (χ0v) is 10.6. The van der Waals surface area contributed by atoms with Gasteiger partial charge in [-0.15, -0.1) is 11.3 Å². The van der Waals surface area contributed by atoms with E-state index in [2.05, 4.69) is 4.98 Å². The second-order valence-corrected chi connectivity index (χ2v) is 5.48. The van der Waals surface area contributed by atoms with Crippen molar-refractivity contribution in [2.75, 3.05) is 0 Å². The van der Waals surface area contributed by atoms with Crippen LogP contribution in [0.3, 0.4) is 0 Å². The molecule has 1 atom stereocenters. The van der Waals surface area contributed by atoms with Crippen LogP contribution in [0.25, 0.3) is 0 Å².